The summed E-state index contributed by atoms with van der Waals surface area (Å²) in [6.45, 7) is 6.61. The van der Waals surface area contributed by atoms with E-state index < -0.39 is 0 Å². The van der Waals surface area contributed by atoms with E-state index in [4.69, 9.17) is 0 Å². The number of nitrogens with zero attached hydrogens (tertiary/aromatic N) is 2. The Morgan fingerprint density at radius 1 is 1.15 bits per heavy atom. The Hall–Kier alpha value is -2.04. The van der Waals surface area contributed by atoms with Gasteiger partial charge < -0.3 is 14.9 Å². The van der Waals surface area contributed by atoms with Crippen LogP contribution in [0, 0.1) is 5.41 Å². The van der Waals surface area contributed by atoms with Crippen molar-refractivity contribution in [1.29, 1.82) is 0 Å². The number of piperidine rings is 2. The molecule has 0 aromatic heterocycles. The maximum Gasteiger partial charge on any atom is 0.222 e. The second-order valence-electron chi connectivity index (χ2n) is 8.16. The van der Waals surface area contributed by atoms with E-state index in [1.165, 1.54) is 0 Å². The number of phenols is 1. The van der Waals surface area contributed by atoms with Crippen molar-refractivity contribution in [2.24, 2.45) is 5.41 Å². The molecular formula is C21H30N2O3. The third-order valence-corrected chi connectivity index (χ3v) is 6.06. The van der Waals surface area contributed by atoms with Gasteiger partial charge in [-0.25, -0.2) is 0 Å². The highest BCUT2D eigenvalue weighted by Gasteiger charge is 2.42. The highest BCUT2D eigenvalue weighted by atomic mass is 16.3. The van der Waals surface area contributed by atoms with Gasteiger partial charge in [0.15, 0.2) is 0 Å². The number of benzene rings is 1. The molecule has 0 atom stereocenters. The highest BCUT2D eigenvalue weighted by molar-refractivity contribution is 5.78. The molecule has 5 nitrogen and oxygen atoms in total. The van der Waals surface area contributed by atoms with Crippen LogP contribution in [0.1, 0.15) is 51.5 Å². The molecule has 2 heterocycles. The first-order chi connectivity index (χ1) is 12.4. The number of carbonyl (C=O) groups excluding carboxylic acids is 2. The quantitative estimate of drug-likeness (QED) is 0.900. The maximum absolute atomic E-state index is 12.5. The van der Waals surface area contributed by atoms with Crippen LogP contribution in [0.25, 0.3) is 0 Å². The zero-order valence-electron chi connectivity index (χ0n) is 15.9. The average molecular weight is 358 g/mol. The largest absolute Gasteiger partial charge is 0.508 e. The second kappa shape index (κ2) is 7.68. The van der Waals surface area contributed by atoms with Crippen LogP contribution in [0.3, 0.4) is 0 Å². The average Bonchev–Trinajstić information content (AvgIpc) is 2.64. The normalized spacial score (nSPS) is 20.0. The lowest BCUT2D eigenvalue weighted by Gasteiger charge is -2.48. The molecule has 3 rings (SSSR count). The van der Waals surface area contributed by atoms with E-state index >= 15 is 0 Å². The van der Waals surface area contributed by atoms with Crippen LogP contribution in [0.2, 0.25) is 0 Å². The van der Waals surface area contributed by atoms with E-state index in [2.05, 4.69) is 13.8 Å². The fourth-order valence-electron chi connectivity index (χ4n) is 4.23. The topological polar surface area (TPSA) is 60.9 Å². The van der Waals surface area contributed by atoms with Gasteiger partial charge in [0, 0.05) is 38.5 Å². The lowest BCUT2D eigenvalue weighted by Crippen LogP contribution is -2.54. The zero-order valence-corrected chi connectivity index (χ0v) is 15.9. The van der Waals surface area contributed by atoms with Crippen molar-refractivity contribution in [3.05, 3.63) is 29.8 Å². The molecule has 1 spiro atoms. The van der Waals surface area contributed by atoms with Crippen molar-refractivity contribution in [2.45, 2.75) is 58.4 Å². The van der Waals surface area contributed by atoms with Crippen LogP contribution in [0.15, 0.2) is 24.3 Å². The highest BCUT2D eigenvalue weighted by Crippen LogP contribution is 2.40. The van der Waals surface area contributed by atoms with E-state index in [0.29, 0.717) is 19.3 Å². The summed E-state index contributed by atoms with van der Waals surface area (Å²) in [5.74, 6) is 0.737. The van der Waals surface area contributed by atoms with E-state index in [9.17, 15) is 14.7 Å². The third-order valence-electron chi connectivity index (χ3n) is 6.06. The van der Waals surface area contributed by atoms with Crippen LogP contribution in [0.4, 0.5) is 0 Å². The molecule has 0 aliphatic carbocycles. The third kappa shape index (κ3) is 4.19. The molecule has 2 aliphatic rings. The van der Waals surface area contributed by atoms with Gasteiger partial charge in [0.1, 0.15) is 5.75 Å². The van der Waals surface area contributed by atoms with Gasteiger partial charge in [-0.3, -0.25) is 9.59 Å². The Bertz CT molecular complexity index is 646. The van der Waals surface area contributed by atoms with Gasteiger partial charge in [-0.1, -0.05) is 12.1 Å². The molecule has 2 saturated heterocycles. The van der Waals surface area contributed by atoms with Crippen LogP contribution >= 0.6 is 0 Å². The fraction of sp³-hybridized carbons (Fsp3) is 0.619. The van der Waals surface area contributed by atoms with Crippen molar-refractivity contribution in [3.8, 4) is 5.75 Å². The first-order valence-corrected chi connectivity index (χ1v) is 9.74. The van der Waals surface area contributed by atoms with Gasteiger partial charge in [-0.2, -0.15) is 0 Å². The van der Waals surface area contributed by atoms with Crippen LogP contribution < -0.4 is 0 Å². The summed E-state index contributed by atoms with van der Waals surface area (Å²) in [4.78, 5) is 28.7. The van der Waals surface area contributed by atoms with Crippen LogP contribution in [-0.4, -0.2) is 52.4 Å². The zero-order chi connectivity index (χ0) is 18.7. The van der Waals surface area contributed by atoms with E-state index in [0.717, 1.165) is 44.5 Å². The SMILES string of the molecule is CC(C)N1CC2(CCC1=O)CCN(C(=O)CCc1ccc(O)cc1)CC2. The molecule has 2 fully saturated rings. The number of aromatic hydroxyl groups is 1. The Balaban J connectivity index is 1.50. The number of likely N-dealkylation sites (tertiary alicyclic amines) is 2. The number of phenolic OH excluding ortho intramolecular Hbond substituents is 1. The summed E-state index contributed by atoms with van der Waals surface area (Å²) >= 11 is 0. The van der Waals surface area contributed by atoms with Gasteiger partial charge in [-0.05, 0) is 62.6 Å². The molecule has 1 N–H and O–H groups in total. The molecular weight excluding hydrogens is 328 g/mol. The number of hydrogen-bond acceptors (Lipinski definition) is 3. The Morgan fingerprint density at radius 2 is 1.81 bits per heavy atom. The first kappa shape index (κ1) is 18.7. The second-order valence-corrected chi connectivity index (χ2v) is 8.16. The summed E-state index contributed by atoms with van der Waals surface area (Å²) in [5.41, 5.74) is 1.27. The number of carbonyl (C=O) groups is 2. The lowest BCUT2D eigenvalue weighted by atomic mass is 9.72. The molecule has 26 heavy (non-hydrogen) atoms. The molecule has 1 aromatic rings. The molecule has 0 bridgehead atoms. The first-order valence-electron chi connectivity index (χ1n) is 9.74. The summed E-state index contributed by atoms with van der Waals surface area (Å²) in [6, 6.07) is 7.32. The Kier molecular flexibility index (Phi) is 5.54. The van der Waals surface area contributed by atoms with Crippen LogP contribution in [0.5, 0.6) is 5.75 Å². The fourth-order valence-corrected chi connectivity index (χ4v) is 4.23. The standard InChI is InChI=1S/C21H30N2O3/c1-16(2)23-15-21(10-9-20(23)26)11-13-22(14-12-21)19(25)8-5-17-3-6-18(24)7-4-17/h3-4,6-7,16,24H,5,8-15H2,1-2H3. The van der Waals surface area contributed by atoms with Gasteiger partial charge in [-0.15, -0.1) is 0 Å². The smallest absolute Gasteiger partial charge is 0.222 e. The van der Waals surface area contributed by atoms with Gasteiger partial charge in [0.05, 0.1) is 0 Å². The summed E-state index contributed by atoms with van der Waals surface area (Å²) in [5, 5.41) is 9.33. The number of hydrogen-bond donors (Lipinski definition) is 1. The van der Waals surface area contributed by atoms with Crippen molar-refractivity contribution < 1.29 is 14.7 Å². The molecule has 0 unspecified atom stereocenters. The van der Waals surface area contributed by atoms with E-state index in [1.54, 1.807) is 12.1 Å². The van der Waals surface area contributed by atoms with E-state index in [-0.39, 0.29) is 29.0 Å². The molecule has 0 radical (unpaired) electrons. The number of aryl methyl sites for hydroxylation is 1. The summed E-state index contributed by atoms with van der Waals surface area (Å²) in [7, 11) is 0. The van der Waals surface area contributed by atoms with Gasteiger partial charge >= 0.3 is 0 Å². The van der Waals surface area contributed by atoms with Crippen molar-refractivity contribution in [2.75, 3.05) is 19.6 Å². The minimum atomic E-state index is 0.200. The lowest BCUT2D eigenvalue weighted by molar-refractivity contribution is -0.144. The summed E-state index contributed by atoms with van der Waals surface area (Å²) < 4.78 is 0. The van der Waals surface area contributed by atoms with Crippen molar-refractivity contribution in [3.63, 3.8) is 0 Å². The molecule has 0 saturated carbocycles. The molecule has 2 aliphatic heterocycles. The van der Waals surface area contributed by atoms with Crippen molar-refractivity contribution in [1.82, 2.24) is 9.80 Å². The summed E-state index contributed by atoms with van der Waals surface area (Å²) in [6.07, 6.45) is 4.81. The number of amides is 2. The van der Waals surface area contributed by atoms with Gasteiger partial charge in [0.2, 0.25) is 11.8 Å². The minimum Gasteiger partial charge on any atom is -0.508 e. The predicted octanol–water partition coefficient (Wildman–Crippen LogP) is 2.96. The number of rotatable bonds is 4. The van der Waals surface area contributed by atoms with Crippen molar-refractivity contribution >= 4 is 11.8 Å². The molecule has 5 heteroatoms. The monoisotopic (exact) mass is 358 g/mol. The van der Waals surface area contributed by atoms with E-state index in [1.807, 2.05) is 21.9 Å². The maximum atomic E-state index is 12.5. The minimum absolute atomic E-state index is 0.200. The van der Waals surface area contributed by atoms with Gasteiger partial charge in [0.25, 0.3) is 0 Å². The Morgan fingerprint density at radius 3 is 2.42 bits per heavy atom. The predicted molar refractivity (Wildman–Crippen MR) is 101 cm³/mol. The van der Waals surface area contributed by atoms with Crippen LogP contribution in [-0.2, 0) is 16.0 Å². The molecule has 2 amide bonds. The molecule has 1 aromatic carbocycles. The Labute approximate surface area is 156 Å². The molecule has 142 valence electrons.